The Morgan fingerprint density at radius 3 is 2.78 bits per heavy atom. The molecule has 94 valence electrons. The molecule has 1 aliphatic rings. The lowest BCUT2D eigenvalue weighted by atomic mass is 10.1. The van der Waals surface area contributed by atoms with Crippen LogP contribution >= 0.6 is 0 Å². The molecule has 0 bridgehead atoms. The van der Waals surface area contributed by atoms with E-state index in [0.29, 0.717) is 17.3 Å². The quantitative estimate of drug-likeness (QED) is 0.886. The van der Waals surface area contributed by atoms with Gasteiger partial charge < -0.3 is 9.63 Å². The number of aromatic nitrogens is 2. The van der Waals surface area contributed by atoms with E-state index in [1.165, 1.54) is 25.0 Å². The Kier molecular flexibility index (Phi) is 2.74. The lowest BCUT2D eigenvalue weighted by Crippen LogP contribution is -1.94. The first-order chi connectivity index (χ1) is 8.74. The number of hydrogen-bond acceptors (Lipinski definition) is 4. The maximum atomic E-state index is 12.9. The van der Waals surface area contributed by atoms with E-state index in [-0.39, 0.29) is 11.6 Å². The second-order valence-electron chi connectivity index (χ2n) is 4.60. The van der Waals surface area contributed by atoms with E-state index in [1.807, 2.05) is 0 Å². The normalized spacial score (nSPS) is 16.3. The molecule has 3 rings (SSSR count). The van der Waals surface area contributed by atoms with Gasteiger partial charge in [-0.05, 0) is 25.0 Å². The summed E-state index contributed by atoms with van der Waals surface area (Å²) in [5.41, 5.74) is 0.369. The molecular formula is C13H13FN2O2. The van der Waals surface area contributed by atoms with Crippen molar-refractivity contribution in [1.29, 1.82) is 0 Å². The standard InChI is InChI=1S/C13H13FN2O2/c14-9-5-6-10(11(17)7-9)13-15-12(16-18-13)8-3-1-2-4-8/h5-8,17H,1-4H2. The van der Waals surface area contributed by atoms with Crippen molar-refractivity contribution in [3.05, 3.63) is 29.8 Å². The van der Waals surface area contributed by atoms with E-state index in [2.05, 4.69) is 10.1 Å². The second kappa shape index (κ2) is 4.40. The third-order valence-corrected chi connectivity index (χ3v) is 3.35. The Hall–Kier alpha value is -1.91. The molecule has 0 atom stereocenters. The highest BCUT2D eigenvalue weighted by atomic mass is 19.1. The molecule has 0 saturated heterocycles. The molecule has 1 fully saturated rings. The number of nitrogens with zero attached hydrogens (tertiary/aromatic N) is 2. The maximum absolute atomic E-state index is 12.9. The first kappa shape index (κ1) is 11.2. The molecule has 1 aliphatic carbocycles. The SMILES string of the molecule is Oc1cc(F)ccc1-c1nc(C2CCCC2)no1. The van der Waals surface area contributed by atoms with Gasteiger partial charge in [-0.15, -0.1) is 0 Å². The summed E-state index contributed by atoms with van der Waals surface area (Å²) in [6, 6.07) is 3.74. The summed E-state index contributed by atoms with van der Waals surface area (Å²) in [6.45, 7) is 0. The van der Waals surface area contributed by atoms with Crippen LogP contribution in [0.25, 0.3) is 11.5 Å². The van der Waals surface area contributed by atoms with E-state index >= 15 is 0 Å². The molecule has 0 aliphatic heterocycles. The minimum Gasteiger partial charge on any atom is -0.507 e. The molecule has 18 heavy (non-hydrogen) atoms. The Labute approximate surface area is 103 Å². The summed E-state index contributed by atoms with van der Waals surface area (Å²) in [6.07, 6.45) is 4.54. The van der Waals surface area contributed by atoms with Crippen molar-refractivity contribution in [3.8, 4) is 17.2 Å². The topological polar surface area (TPSA) is 59.2 Å². The van der Waals surface area contributed by atoms with Crippen LogP contribution in [0, 0.1) is 5.82 Å². The minimum absolute atomic E-state index is 0.184. The Balaban J connectivity index is 1.92. The highest BCUT2D eigenvalue weighted by Crippen LogP contribution is 2.34. The molecule has 4 nitrogen and oxygen atoms in total. The lowest BCUT2D eigenvalue weighted by molar-refractivity contribution is 0.411. The van der Waals surface area contributed by atoms with Crippen LogP contribution in [0.4, 0.5) is 4.39 Å². The van der Waals surface area contributed by atoms with Crippen molar-refractivity contribution in [1.82, 2.24) is 10.1 Å². The predicted molar refractivity (Wildman–Crippen MR) is 62.6 cm³/mol. The van der Waals surface area contributed by atoms with Crippen LogP contribution in [0.5, 0.6) is 5.75 Å². The van der Waals surface area contributed by atoms with E-state index in [1.54, 1.807) is 0 Å². The van der Waals surface area contributed by atoms with E-state index < -0.39 is 5.82 Å². The van der Waals surface area contributed by atoms with Crippen LogP contribution in [0.3, 0.4) is 0 Å². The number of phenolic OH excluding ortho intramolecular Hbond substituents is 1. The van der Waals surface area contributed by atoms with Crippen LogP contribution in [0.2, 0.25) is 0 Å². The van der Waals surface area contributed by atoms with Crippen LogP contribution in [0.15, 0.2) is 22.7 Å². The highest BCUT2D eigenvalue weighted by Gasteiger charge is 2.23. The van der Waals surface area contributed by atoms with Crippen molar-refractivity contribution in [2.24, 2.45) is 0 Å². The Bertz CT molecular complexity index is 562. The first-order valence-electron chi connectivity index (χ1n) is 6.06. The van der Waals surface area contributed by atoms with Crippen LogP contribution in [-0.2, 0) is 0 Å². The van der Waals surface area contributed by atoms with E-state index in [9.17, 15) is 9.50 Å². The molecule has 2 aromatic rings. The summed E-state index contributed by atoms with van der Waals surface area (Å²) in [4.78, 5) is 4.29. The third-order valence-electron chi connectivity index (χ3n) is 3.35. The van der Waals surface area contributed by atoms with Gasteiger partial charge in [-0.25, -0.2) is 4.39 Å². The fourth-order valence-electron chi connectivity index (χ4n) is 2.38. The van der Waals surface area contributed by atoms with Crippen molar-refractivity contribution in [2.75, 3.05) is 0 Å². The Morgan fingerprint density at radius 2 is 2.06 bits per heavy atom. The smallest absolute Gasteiger partial charge is 0.261 e. The molecule has 1 N–H and O–H groups in total. The zero-order valence-electron chi connectivity index (χ0n) is 9.77. The van der Waals surface area contributed by atoms with Crippen molar-refractivity contribution in [3.63, 3.8) is 0 Å². The van der Waals surface area contributed by atoms with Gasteiger partial charge in [0.15, 0.2) is 5.82 Å². The fraction of sp³-hybridized carbons (Fsp3) is 0.385. The lowest BCUT2D eigenvalue weighted by Gasteiger charge is -2.00. The maximum Gasteiger partial charge on any atom is 0.261 e. The third kappa shape index (κ3) is 1.96. The molecule has 0 spiro atoms. The summed E-state index contributed by atoms with van der Waals surface area (Å²) in [7, 11) is 0. The van der Waals surface area contributed by atoms with Gasteiger partial charge in [0.1, 0.15) is 11.6 Å². The fourth-order valence-corrected chi connectivity index (χ4v) is 2.38. The number of hydrogen-bond donors (Lipinski definition) is 1. The monoisotopic (exact) mass is 248 g/mol. The average molecular weight is 248 g/mol. The van der Waals surface area contributed by atoms with Gasteiger partial charge >= 0.3 is 0 Å². The van der Waals surface area contributed by atoms with Crippen molar-refractivity contribution >= 4 is 0 Å². The van der Waals surface area contributed by atoms with Gasteiger partial charge in [-0.2, -0.15) is 4.98 Å². The number of phenols is 1. The molecule has 5 heteroatoms. The van der Waals surface area contributed by atoms with E-state index in [0.717, 1.165) is 18.9 Å². The second-order valence-corrected chi connectivity index (χ2v) is 4.60. The van der Waals surface area contributed by atoms with E-state index in [4.69, 9.17) is 4.52 Å². The van der Waals surface area contributed by atoms with Gasteiger partial charge in [0.2, 0.25) is 0 Å². The summed E-state index contributed by atoms with van der Waals surface area (Å²) in [5, 5.41) is 13.6. The van der Waals surface area contributed by atoms with Crippen molar-refractivity contribution in [2.45, 2.75) is 31.6 Å². The van der Waals surface area contributed by atoms with Crippen LogP contribution < -0.4 is 0 Å². The highest BCUT2D eigenvalue weighted by molar-refractivity contribution is 5.61. The predicted octanol–water partition coefficient (Wildman–Crippen LogP) is 3.24. The number of aromatic hydroxyl groups is 1. The molecule has 1 heterocycles. The zero-order valence-corrected chi connectivity index (χ0v) is 9.77. The summed E-state index contributed by atoms with van der Waals surface area (Å²) >= 11 is 0. The molecular weight excluding hydrogens is 235 g/mol. The zero-order chi connectivity index (χ0) is 12.5. The Morgan fingerprint density at radius 1 is 1.28 bits per heavy atom. The number of benzene rings is 1. The van der Waals surface area contributed by atoms with Gasteiger partial charge in [0, 0.05) is 12.0 Å². The summed E-state index contributed by atoms with van der Waals surface area (Å²) < 4.78 is 18.0. The first-order valence-corrected chi connectivity index (χ1v) is 6.06. The molecule has 1 saturated carbocycles. The molecule has 0 amide bonds. The van der Waals surface area contributed by atoms with Gasteiger partial charge in [-0.3, -0.25) is 0 Å². The average Bonchev–Trinajstić information content (AvgIpc) is 2.99. The minimum atomic E-state index is -0.494. The number of rotatable bonds is 2. The van der Waals surface area contributed by atoms with Crippen LogP contribution in [-0.4, -0.2) is 15.2 Å². The van der Waals surface area contributed by atoms with Crippen LogP contribution in [0.1, 0.15) is 37.4 Å². The van der Waals surface area contributed by atoms with Gasteiger partial charge in [0.25, 0.3) is 5.89 Å². The molecule has 0 unspecified atom stereocenters. The number of halogens is 1. The van der Waals surface area contributed by atoms with Crippen molar-refractivity contribution < 1.29 is 14.0 Å². The molecule has 1 aromatic heterocycles. The van der Waals surface area contributed by atoms with Gasteiger partial charge in [-0.1, -0.05) is 18.0 Å². The largest absolute Gasteiger partial charge is 0.507 e. The summed E-state index contributed by atoms with van der Waals surface area (Å²) in [5.74, 6) is 0.606. The molecule has 1 aromatic carbocycles. The van der Waals surface area contributed by atoms with Gasteiger partial charge in [0.05, 0.1) is 5.56 Å². The molecule has 0 radical (unpaired) electrons.